The number of hydrogen-bond acceptors (Lipinski definition) is 3. The Labute approximate surface area is 86.0 Å². The minimum Gasteiger partial charge on any atom is -0.362 e. The lowest BCUT2D eigenvalue weighted by Gasteiger charge is -2.33. The summed E-state index contributed by atoms with van der Waals surface area (Å²) in [5, 5.41) is 0. The minimum absolute atomic E-state index is 1.15. The van der Waals surface area contributed by atoms with E-state index >= 15 is 0 Å². The molecule has 13 heavy (non-hydrogen) atoms. The van der Waals surface area contributed by atoms with Gasteiger partial charge in [0.1, 0.15) is 0 Å². The van der Waals surface area contributed by atoms with Gasteiger partial charge in [-0.1, -0.05) is 0 Å². The van der Waals surface area contributed by atoms with Gasteiger partial charge in [-0.3, -0.25) is 0 Å². The van der Waals surface area contributed by atoms with Crippen LogP contribution in [0.3, 0.4) is 0 Å². The summed E-state index contributed by atoms with van der Waals surface area (Å²) in [4.78, 5) is 4.71. The topological polar surface area (TPSA) is 6.48 Å². The summed E-state index contributed by atoms with van der Waals surface area (Å²) in [6.07, 6.45) is 7.05. The summed E-state index contributed by atoms with van der Waals surface area (Å²) in [5.74, 6) is 2.61. The maximum absolute atomic E-state index is 2.36. The van der Waals surface area contributed by atoms with Crippen LogP contribution in [0.5, 0.6) is 0 Å². The van der Waals surface area contributed by atoms with Crippen LogP contribution in [0, 0.1) is 0 Å². The molecular formula is C10H20N2S. The van der Waals surface area contributed by atoms with Gasteiger partial charge in [0.25, 0.3) is 0 Å². The summed E-state index contributed by atoms with van der Waals surface area (Å²) in [6.45, 7) is 2.35. The van der Waals surface area contributed by atoms with Crippen LogP contribution in [-0.2, 0) is 0 Å². The molecule has 0 aromatic carbocycles. The number of hydrogen-bond donors (Lipinski definition) is 0. The van der Waals surface area contributed by atoms with E-state index in [1.165, 1.54) is 31.0 Å². The quantitative estimate of drug-likeness (QED) is 0.684. The lowest BCUT2D eigenvalue weighted by atomic mass is 10.2. The van der Waals surface area contributed by atoms with Crippen LogP contribution in [0.4, 0.5) is 0 Å². The Hall–Kier alpha value is -0.310. The molecule has 0 spiro atoms. The molecule has 0 atom stereocenters. The molecule has 0 bridgehead atoms. The molecule has 0 amide bonds. The van der Waals surface area contributed by atoms with Gasteiger partial charge in [0, 0.05) is 32.9 Å². The second-order valence-corrected chi connectivity index (χ2v) is 4.53. The van der Waals surface area contributed by atoms with Crippen LogP contribution in [0.2, 0.25) is 0 Å². The fraction of sp³-hybridized carbons (Fsp3) is 0.800. The van der Waals surface area contributed by atoms with Crippen molar-refractivity contribution in [1.82, 2.24) is 9.80 Å². The van der Waals surface area contributed by atoms with Crippen molar-refractivity contribution in [2.45, 2.75) is 12.8 Å². The zero-order chi connectivity index (χ0) is 9.68. The molecule has 1 aliphatic heterocycles. The van der Waals surface area contributed by atoms with Crippen LogP contribution >= 0.6 is 11.8 Å². The molecule has 0 aromatic heterocycles. The first-order valence-corrected chi connectivity index (χ1v) is 6.26. The maximum Gasteiger partial charge on any atom is 0.0993 e. The Morgan fingerprint density at radius 2 is 2.38 bits per heavy atom. The second-order valence-electron chi connectivity index (χ2n) is 3.54. The predicted molar refractivity (Wildman–Crippen MR) is 61.0 cm³/mol. The largest absolute Gasteiger partial charge is 0.362 e. The second kappa shape index (κ2) is 5.43. The average molecular weight is 200 g/mol. The molecule has 76 valence electrons. The van der Waals surface area contributed by atoms with E-state index < -0.39 is 0 Å². The summed E-state index contributed by atoms with van der Waals surface area (Å²) in [7, 11) is 4.37. The lowest BCUT2D eigenvalue weighted by Crippen LogP contribution is -2.34. The predicted octanol–water partition coefficient (Wildman–Crippen LogP) is 1.85. The van der Waals surface area contributed by atoms with E-state index in [1.54, 1.807) is 0 Å². The standard InChI is InChI=1S/C10H20N2S/c1-11-7-5-4-6-10(11)12(2)8-9-13-3/h6H,4-5,7-9H2,1-3H3. The molecule has 1 heterocycles. The van der Waals surface area contributed by atoms with Crippen LogP contribution < -0.4 is 0 Å². The molecule has 1 rings (SSSR count). The molecule has 0 unspecified atom stereocenters. The molecule has 0 aromatic rings. The Bertz CT molecular complexity index is 180. The highest BCUT2D eigenvalue weighted by Gasteiger charge is 2.12. The molecule has 0 radical (unpaired) electrons. The molecule has 3 heteroatoms. The number of nitrogens with zero attached hydrogens (tertiary/aromatic N) is 2. The minimum atomic E-state index is 1.15. The van der Waals surface area contributed by atoms with Crippen molar-refractivity contribution in [2.24, 2.45) is 0 Å². The first-order chi connectivity index (χ1) is 6.25. The van der Waals surface area contributed by atoms with Crippen LogP contribution in [0.1, 0.15) is 12.8 Å². The summed E-state index contributed by atoms with van der Waals surface area (Å²) in [5.41, 5.74) is 0. The van der Waals surface area contributed by atoms with E-state index in [-0.39, 0.29) is 0 Å². The maximum atomic E-state index is 2.36. The van der Waals surface area contributed by atoms with Crippen molar-refractivity contribution < 1.29 is 0 Å². The fourth-order valence-corrected chi connectivity index (χ4v) is 2.08. The van der Waals surface area contributed by atoms with Gasteiger partial charge in [0.05, 0.1) is 5.82 Å². The third-order valence-electron chi connectivity index (χ3n) is 2.44. The van der Waals surface area contributed by atoms with Gasteiger partial charge in [0.15, 0.2) is 0 Å². The van der Waals surface area contributed by atoms with Crippen LogP contribution in [0.15, 0.2) is 11.9 Å². The van der Waals surface area contributed by atoms with E-state index in [0.717, 1.165) is 6.54 Å². The highest BCUT2D eigenvalue weighted by molar-refractivity contribution is 7.98. The van der Waals surface area contributed by atoms with Crippen molar-refractivity contribution in [3.05, 3.63) is 11.9 Å². The molecule has 0 saturated carbocycles. The van der Waals surface area contributed by atoms with Gasteiger partial charge in [-0.05, 0) is 25.2 Å². The normalized spacial score (nSPS) is 17.2. The number of allylic oxidation sites excluding steroid dienone is 1. The number of rotatable bonds is 4. The molecule has 0 fully saturated rings. The highest BCUT2D eigenvalue weighted by Crippen LogP contribution is 2.15. The van der Waals surface area contributed by atoms with Crippen molar-refractivity contribution in [2.75, 3.05) is 39.2 Å². The van der Waals surface area contributed by atoms with E-state index in [0.29, 0.717) is 0 Å². The number of thioether (sulfide) groups is 1. The lowest BCUT2D eigenvalue weighted by molar-refractivity contribution is 0.260. The Morgan fingerprint density at radius 1 is 1.62 bits per heavy atom. The summed E-state index contributed by atoms with van der Waals surface area (Å²) < 4.78 is 0. The molecule has 1 aliphatic rings. The van der Waals surface area contributed by atoms with Gasteiger partial charge in [-0.15, -0.1) is 0 Å². The van der Waals surface area contributed by atoms with Crippen molar-refractivity contribution in [3.63, 3.8) is 0 Å². The van der Waals surface area contributed by atoms with Gasteiger partial charge < -0.3 is 9.80 Å². The molecule has 2 nitrogen and oxygen atoms in total. The smallest absolute Gasteiger partial charge is 0.0993 e. The SMILES string of the molecule is CSCCN(C)C1=CCCCN1C. The van der Waals surface area contributed by atoms with Gasteiger partial charge in [-0.2, -0.15) is 11.8 Å². The van der Waals surface area contributed by atoms with E-state index in [1.807, 2.05) is 11.8 Å². The Morgan fingerprint density at radius 3 is 3.00 bits per heavy atom. The van der Waals surface area contributed by atoms with Gasteiger partial charge in [0.2, 0.25) is 0 Å². The molecule has 0 saturated heterocycles. The first kappa shape index (κ1) is 10.8. The Kier molecular flexibility index (Phi) is 4.50. The van der Waals surface area contributed by atoms with E-state index in [4.69, 9.17) is 0 Å². The molecule has 0 aliphatic carbocycles. The van der Waals surface area contributed by atoms with Crippen LogP contribution in [-0.4, -0.2) is 49.0 Å². The van der Waals surface area contributed by atoms with Crippen molar-refractivity contribution in [1.29, 1.82) is 0 Å². The van der Waals surface area contributed by atoms with Gasteiger partial charge in [-0.25, -0.2) is 0 Å². The average Bonchev–Trinajstić information content (AvgIpc) is 2.15. The zero-order valence-electron chi connectivity index (χ0n) is 8.92. The molecule has 0 N–H and O–H groups in total. The highest BCUT2D eigenvalue weighted by atomic mass is 32.2. The van der Waals surface area contributed by atoms with Gasteiger partial charge >= 0.3 is 0 Å². The van der Waals surface area contributed by atoms with Crippen LogP contribution in [0.25, 0.3) is 0 Å². The summed E-state index contributed by atoms with van der Waals surface area (Å²) in [6, 6.07) is 0. The first-order valence-electron chi connectivity index (χ1n) is 4.87. The monoisotopic (exact) mass is 200 g/mol. The Balaban J connectivity index is 2.43. The summed E-state index contributed by atoms with van der Waals surface area (Å²) >= 11 is 1.91. The zero-order valence-corrected chi connectivity index (χ0v) is 9.73. The van der Waals surface area contributed by atoms with E-state index in [2.05, 4.69) is 36.2 Å². The fourth-order valence-electron chi connectivity index (χ4n) is 1.62. The molecular weight excluding hydrogens is 180 g/mol. The van der Waals surface area contributed by atoms with E-state index in [9.17, 15) is 0 Å². The van der Waals surface area contributed by atoms with Crippen molar-refractivity contribution >= 4 is 11.8 Å². The van der Waals surface area contributed by atoms with Crippen molar-refractivity contribution in [3.8, 4) is 0 Å². The third-order valence-corrected chi connectivity index (χ3v) is 3.03. The third kappa shape index (κ3) is 3.14.